The minimum Gasteiger partial charge on any atom is -0.496 e. The van der Waals surface area contributed by atoms with Crippen LogP contribution in [-0.4, -0.2) is 29.2 Å². The highest BCUT2D eigenvalue weighted by atomic mass is 79.9. The zero-order valence-corrected chi connectivity index (χ0v) is 15.8. The zero-order valence-electron chi connectivity index (χ0n) is 13.4. The molecule has 25 heavy (non-hydrogen) atoms. The van der Waals surface area contributed by atoms with E-state index in [0.717, 1.165) is 21.3 Å². The van der Waals surface area contributed by atoms with Crippen LogP contribution in [0.2, 0.25) is 0 Å². The first-order chi connectivity index (χ1) is 12.0. The van der Waals surface area contributed by atoms with Gasteiger partial charge >= 0.3 is 0 Å². The predicted molar refractivity (Wildman–Crippen MR) is 102 cm³/mol. The Morgan fingerprint density at radius 1 is 1.44 bits per heavy atom. The monoisotopic (exact) mass is 419 g/mol. The summed E-state index contributed by atoms with van der Waals surface area (Å²) >= 11 is 4.66. The summed E-state index contributed by atoms with van der Waals surface area (Å²) in [6.45, 7) is 1.82. The van der Waals surface area contributed by atoms with Crippen LogP contribution in [-0.2, 0) is 0 Å². The summed E-state index contributed by atoms with van der Waals surface area (Å²) in [5.74, 6) is 0.772. The Bertz CT molecular complexity index is 986. The summed E-state index contributed by atoms with van der Waals surface area (Å²) in [6.07, 6.45) is 2.94. The molecule has 0 saturated heterocycles. The number of hydrazone groups is 1. The van der Waals surface area contributed by atoms with Crippen molar-refractivity contribution in [3.05, 3.63) is 45.0 Å². The fourth-order valence-corrected chi connectivity index (χ4v) is 3.90. The zero-order chi connectivity index (χ0) is 18.0. The van der Waals surface area contributed by atoms with Crippen LogP contribution in [0, 0.1) is 6.92 Å². The fraction of sp³-hybridized carbons (Fsp3) is 0.125. The van der Waals surface area contributed by atoms with Gasteiger partial charge in [0.15, 0.2) is 0 Å². The van der Waals surface area contributed by atoms with Crippen molar-refractivity contribution in [2.24, 2.45) is 5.10 Å². The molecule has 3 aromatic rings. The molecule has 0 atom stereocenters. The summed E-state index contributed by atoms with van der Waals surface area (Å²) in [4.78, 5) is 21.7. The van der Waals surface area contributed by atoms with Crippen LogP contribution in [0.25, 0.3) is 10.2 Å². The van der Waals surface area contributed by atoms with Gasteiger partial charge in [0, 0.05) is 0 Å². The Morgan fingerprint density at radius 2 is 2.24 bits per heavy atom. The van der Waals surface area contributed by atoms with Gasteiger partial charge in [-0.3, -0.25) is 4.79 Å². The van der Waals surface area contributed by atoms with Gasteiger partial charge in [0.2, 0.25) is 0 Å². The highest BCUT2D eigenvalue weighted by molar-refractivity contribution is 9.10. The molecule has 0 bridgehead atoms. The van der Waals surface area contributed by atoms with E-state index in [9.17, 15) is 4.79 Å². The number of methoxy groups -OCH3 is 1. The maximum absolute atomic E-state index is 12.4. The molecule has 0 saturated carbocycles. The molecule has 1 amide bonds. The second kappa shape index (κ2) is 7.16. The number of nitrogen functional groups attached to an aromatic ring is 1. The van der Waals surface area contributed by atoms with Gasteiger partial charge in [0.25, 0.3) is 5.91 Å². The number of benzene rings is 1. The van der Waals surface area contributed by atoms with E-state index in [-0.39, 0.29) is 5.91 Å². The first kappa shape index (κ1) is 17.3. The lowest BCUT2D eigenvalue weighted by Gasteiger charge is -2.03. The Balaban J connectivity index is 1.78. The lowest BCUT2D eigenvalue weighted by atomic mass is 10.2. The number of amides is 1. The van der Waals surface area contributed by atoms with E-state index in [1.165, 1.54) is 17.7 Å². The molecule has 3 rings (SSSR count). The van der Waals surface area contributed by atoms with Crippen molar-refractivity contribution < 1.29 is 9.53 Å². The molecule has 0 unspecified atom stereocenters. The molecule has 0 spiro atoms. The average molecular weight is 420 g/mol. The number of aryl methyl sites for hydroxylation is 1. The quantitative estimate of drug-likeness (QED) is 0.499. The lowest BCUT2D eigenvalue weighted by Crippen LogP contribution is -2.17. The molecule has 0 aliphatic carbocycles. The largest absolute Gasteiger partial charge is 0.496 e. The summed E-state index contributed by atoms with van der Waals surface area (Å²) in [5.41, 5.74) is 9.95. The molecule has 1 aromatic carbocycles. The van der Waals surface area contributed by atoms with E-state index in [2.05, 4.69) is 36.4 Å². The molecule has 3 N–H and O–H groups in total. The van der Waals surface area contributed by atoms with Crippen molar-refractivity contribution in [1.82, 2.24) is 15.4 Å². The van der Waals surface area contributed by atoms with Crippen LogP contribution in [0.15, 0.2) is 34.1 Å². The van der Waals surface area contributed by atoms with Gasteiger partial charge in [-0.2, -0.15) is 5.10 Å². The third-order valence-electron chi connectivity index (χ3n) is 3.52. The maximum atomic E-state index is 12.4. The number of nitrogens with two attached hydrogens (primary N) is 1. The lowest BCUT2D eigenvalue weighted by molar-refractivity contribution is 0.0958. The number of hydrogen-bond donors (Lipinski definition) is 2. The molecule has 7 nitrogen and oxygen atoms in total. The first-order valence-electron chi connectivity index (χ1n) is 7.17. The number of thiophene rings is 1. The second-order valence-electron chi connectivity index (χ2n) is 5.09. The Kier molecular flexibility index (Phi) is 4.95. The van der Waals surface area contributed by atoms with Crippen LogP contribution >= 0.6 is 27.3 Å². The van der Waals surface area contributed by atoms with Crippen LogP contribution in [0.5, 0.6) is 5.75 Å². The van der Waals surface area contributed by atoms with Gasteiger partial charge in [-0.15, -0.1) is 11.3 Å². The number of hydrogen-bond acceptors (Lipinski definition) is 7. The third-order valence-corrected chi connectivity index (χ3v) is 5.34. The van der Waals surface area contributed by atoms with Gasteiger partial charge in [0.05, 0.1) is 28.1 Å². The SMILES string of the molecule is COc1ccc(/C=N\NC(=O)c2sc3ncnc(N)c3c2C)cc1Br. The minimum atomic E-state index is -0.316. The molecule has 9 heteroatoms. The van der Waals surface area contributed by atoms with Crippen molar-refractivity contribution in [3.8, 4) is 5.75 Å². The van der Waals surface area contributed by atoms with Crippen molar-refractivity contribution in [2.45, 2.75) is 6.92 Å². The van der Waals surface area contributed by atoms with Gasteiger partial charge in [0.1, 0.15) is 22.7 Å². The van der Waals surface area contributed by atoms with Crippen LogP contribution in [0.3, 0.4) is 0 Å². The molecule has 2 aromatic heterocycles. The molecule has 0 fully saturated rings. The van der Waals surface area contributed by atoms with Crippen LogP contribution in [0.4, 0.5) is 5.82 Å². The second-order valence-corrected chi connectivity index (χ2v) is 6.94. The number of nitrogens with one attached hydrogen (secondary N) is 1. The average Bonchev–Trinajstić information content (AvgIpc) is 2.93. The Morgan fingerprint density at radius 3 is 2.92 bits per heavy atom. The molecule has 128 valence electrons. The summed E-state index contributed by atoms with van der Waals surface area (Å²) in [7, 11) is 1.60. The molecule has 0 radical (unpaired) electrons. The van der Waals surface area contributed by atoms with E-state index < -0.39 is 0 Å². The van der Waals surface area contributed by atoms with Crippen LogP contribution < -0.4 is 15.9 Å². The van der Waals surface area contributed by atoms with Gasteiger partial charge in [-0.05, 0) is 52.2 Å². The van der Waals surface area contributed by atoms with Crippen LogP contribution in [0.1, 0.15) is 20.8 Å². The molecule has 0 aliphatic heterocycles. The first-order valence-corrected chi connectivity index (χ1v) is 8.78. The van der Waals surface area contributed by atoms with E-state index in [0.29, 0.717) is 20.9 Å². The molecular weight excluding hydrogens is 406 g/mol. The summed E-state index contributed by atoms with van der Waals surface area (Å²) in [6, 6.07) is 5.49. The van der Waals surface area contributed by atoms with Crippen molar-refractivity contribution >= 4 is 55.4 Å². The van der Waals surface area contributed by atoms with Crippen molar-refractivity contribution in [1.29, 1.82) is 0 Å². The Hall–Kier alpha value is -2.52. The number of nitrogens with zero attached hydrogens (tertiary/aromatic N) is 3. The van der Waals surface area contributed by atoms with E-state index >= 15 is 0 Å². The highest BCUT2D eigenvalue weighted by Crippen LogP contribution is 2.31. The van der Waals surface area contributed by atoms with Crippen molar-refractivity contribution in [2.75, 3.05) is 12.8 Å². The number of fused-ring (bicyclic) bond motifs is 1. The van der Waals surface area contributed by atoms with E-state index in [1.807, 2.05) is 25.1 Å². The number of ether oxygens (including phenoxy) is 1. The number of carbonyl (C=O) groups excluding carboxylic acids is 1. The van der Waals surface area contributed by atoms with Gasteiger partial charge < -0.3 is 10.5 Å². The molecular formula is C16H14BrN5O2S. The third kappa shape index (κ3) is 3.47. The smallest absolute Gasteiger partial charge is 0.281 e. The van der Waals surface area contributed by atoms with Crippen molar-refractivity contribution in [3.63, 3.8) is 0 Å². The fourth-order valence-electron chi connectivity index (χ4n) is 2.29. The highest BCUT2D eigenvalue weighted by Gasteiger charge is 2.17. The number of anilines is 1. The predicted octanol–water partition coefficient (Wildman–Crippen LogP) is 3.12. The number of aromatic nitrogens is 2. The number of halogens is 1. The molecule has 0 aliphatic rings. The minimum absolute atomic E-state index is 0.316. The number of rotatable bonds is 4. The summed E-state index contributed by atoms with van der Waals surface area (Å²) in [5, 5.41) is 4.71. The topological polar surface area (TPSA) is 102 Å². The summed E-state index contributed by atoms with van der Waals surface area (Å²) < 4.78 is 5.98. The standard InChI is InChI=1S/C16H14BrN5O2S/c1-8-12-14(18)19-7-20-16(12)25-13(8)15(23)22-21-6-9-3-4-11(24-2)10(17)5-9/h3-7H,1-2H3,(H,22,23)(H2,18,19,20)/b21-6-. The Labute approximate surface area is 156 Å². The van der Waals surface area contributed by atoms with Gasteiger partial charge in [-0.25, -0.2) is 15.4 Å². The van der Waals surface area contributed by atoms with E-state index in [1.54, 1.807) is 13.3 Å². The normalized spacial score (nSPS) is 11.2. The van der Waals surface area contributed by atoms with Gasteiger partial charge in [-0.1, -0.05) is 0 Å². The number of carbonyl (C=O) groups is 1. The maximum Gasteiger partial charge on any atom is 0.281 e. The molecule has 2 heterocycles. The van der Waals surface area contributed by atoms with E-state index in [4.69, 9.17) is 10.5 Å².